The summed E-state index contributed by atoms with van der Waals surface area (Å²) in [5.41, 5.74) is 2.29. The zero-order valence-corrected chi connectivity index (χ0v) is 24.0. The number of hydrogen-bond donors (Lipinski definition) is 0. The Morgan fingerprint density at radius 1 is 1.10 bits per heavy atom. The lowest BCUT2D eigenvalue weighted by Crippen LogP contribution is -2.40. The molecule has 0 saturated carbocycles. The Bertz CT molecular complexity index is 1570. The average Bonchev–Trinajstić information content (AvgIpc) is 3.23. The van der Waals surface area contributed by atoms with Crippen LogP contribution in [0.3, 0.4) is 0 Å². The maximum atomic E-state index is 13.9. The minimum Gasteiger partial charge on any atom is -0.497 e. The predicted octanol–water partition coefficient (Wildman–Crippen LogP) is 4.38. The summed E-state index contributed by atoms with van der Waals surface area (Å²) in [6.07, 6.45) is 3.16. The first kappa shape index (κ1) is 28.2. The first-order valence-electron chi connectivity index (χ1n) is 13.0. The van der Waals surface area contributed by atoms with Crippen LogP contribution in [0.1, 0.15) is 57.7 Å². The number of rotatable bonds is 10. The Morgan fingerprint density at radius 2 is 1.90 bits per heavy atom. The summed E-state index contributed by atoms with van der Waals surface area (Å²) in [5.74, 6) is 1.36. The molecule has 8 nitrogen and oxygen atoms in total. The van der Waals surface area contributed by atoms with Crippen molar-refractivity contribution in [2.24, 2.45) is 4.99 Å². The monoisotopic (exact) mass is 550 g/mol. The van der Waals surface area contributed by atoms with E-state index in [1.54, 1.807) is 25.7 Å². The van der Waals surface area contributed by atoms with Crippen LogP contribution < -0.4 is 29.1 Å². The second-order valence-electron chi connectivity index (χ2n) is 9.27. The van der Waals surface area contributed by atoms with E-state index in [0.717, 1.165) is 17.5 Å². The zero-order valence-electron chi connectivity index (χ0n) is 23.1. The number of carbonyl (C=O) groups is 1. The normalized spacial score (nSPS) is 15.2. The summed E-state index contributed by atoms with van der Waals surface area (Å²) >= 11 is 1.29. The van der Waals surface area contributed by atoms with E-state index in [1.165, 1.54) is 11.3 Å². The first-order chi connectivity index (χ1) is 18.8. The van der Waals surface area contributed by atoms with Crippen LogP contribution in [-0.2, 0) is 9.53 Å². The number of aromatic nitrogens is 1. The van der Waals surface area contributed by atoms with Crippen LogP contribution in [0.5, 0.6) is 17.2 Å². The summed E-state index contributed by atoms with van der Waals surface area (Å²) in [4.78, 5) is 32.6. The zero-order chi connectivity index (χ0) is 28.1. The standard InChI is InChI=1S/C30H34N2O6S/c1-7-10-22-26(29(34)37-8-2)27(20-11-9-12-21(17-20)35-5)32-28(33)25(39-30(32)31-22)16-19-13-14-23(38-18(3)4)24(15-19)36-6/h9,11-18,27H,7-8,10H2,1-6H3/b25-16-/t27-/m0/s1. The largest absolute Gasteiger partial charge is 0.497 e. The third kappa shape index (κ3) is 5.93. The molecule has 0 spiro atoms. The van der Waals surface area contributed by atoms with Gasteiger partial charge < -0.3 is 18.9 Å². The third-order valence-electron chi connectivity index (χ3n) is 6.15. The van der Waals surface area contributed by atoms with E-state index in [4.69, 9.17) is 23.9 Å². The van der Waals surface area contributed by atoms with Crippen molar-refractivity contribution >= 4 is 23.4 Å². The molecule has 2 aromatic carbocycles. The predicted molar refractivity (Wildman–Crippen MR) is 151 cm³/mol. The molecule has 39 heavy (non-hydrogen) atoms. The van der Waals surface area contributed by atoms with Crippen LogP contribution in [0.4, 0.5) is 0 Å². The lowest BCUT2D eigenvalue weighted by atomic mass is 9.94. The number of ether oxygens (including phenoxy) is 4. The fourth-order valence-electron chi connectivity index (χ4n) is 4.52. The molecular formula is C30H34N2O6S. The van der Waals surface area contributed by atoms with E-state index in [-0.39, 0.29) is 18.3 Å². The molecule has 9 heteroatoms. The minimum absolute atomic E-state index is 0.00374. The second kappa shape index (κ2) is 12.3. The van der Waals surface area contributed by atoms with Crippen molar-refractivity contribution < 1.29 is 23.7 Å². The van der Waals surface area contributed by atoms with Gasteiger partial charge in [0.25, 0.3) is 5.56 Å². The van der Waals surface area contributed by atoms with Crippen LogP contribution in [0.15, 0.2) is 63.5 Å². The summed E-state index contributed by atoms with van der Waals surface area (Å²) < 4.78 is 24.3. The molecule has 206 valence electrons. The first-order valence-corrected chi connectivity index (χ1v) is 13.8. The smallest absolute Gasteiger partial charge is 0.338 e. The third-order valence-corrected chi connectivity index (χ3v) is 7.13. The molecule has 0 fully saturated rings. The number of hydrogen-bond acceptors (Lipinski definition) is 8. The van der Waals surface area contributed by atoms with Gasteiger partial charge in [0.1, 0.15) is 5.75 Å². The Kier molecular flexibility index (Phi) is 8.91. The van der Waals surface area contributed by atoms with E-state index in [2.05, 4.69) is 0 Å². The highest BCUT2D eigenvalue weighted by atomic mass is 32.1. The molecule has 4 rings (SSSR count). The van der Waals surface area contributed by atoms with Gasteiger partial charge in [-0.25, -0.2) is 9.79 Å². The fraction of sp³-hybridized carbons (Fsp3) is 0.367. The van der Waals surface area contributed by atoms with Crippen molar-refractivity contribution in [3.05, 3.63) is 84.5 Å². The van der Waals surface area contributed by atoms with Crippen LogP contribution in [0, 0.1) is 0 Å². The summed E-state index contributed by atoms with van der Waals surface area (Å²) in [5, 5.41) is 0. The van der Waals surface area contributed by atoms with Gasteiger partial charge >= 0.3 is 5.97 Å². The number of esters is 1. The van der Waals surface area contributed by atoms with Gasteiger partial charge in [-0.1, -0.05) is 42.9 Å². The second-order valence-corrected chi connectivity index (χ2v) is 10.3. The van der Waals surface area contributed by atoms with Crippen molar-refractivity contribution in [2.45, 2.75) is 52.7 Å². The topological polar surface area (TPSA) is 88.4 Å². The molecule has 1 aliphatic heterocycles. The van der Waals surface area contributed by atoms with Crippen LogP contribution >= 0.6 is 11.3 Å². The summed E-state index contributed by atoms with van der Waals surface area (Å²) in [7, 11) is 3.17. The van der Waals surface area contributed by atoms with Crippen molar-refractivity contribution in [3.8, 4) is 17.2 Å². The van der Waals surface area contributed by atoms with Crippen molar-refractivity contribution in [2.75, 3.05) is 20.8 Å². The number of methoxy groups -OCH3 is 2. The highest BCUT2D eigenvalue weighted by Gasteiger charge is 2.34. The van der Waals surface area contributed by atoms with Gasteiger partial charge in [-0.15, -0.1) is 0 Å². The summed E-state index contributed by atoms with van der Waals surface area (Å²) in [6, 6.07) is 12.2. The minimum atomic E-state index is -0.699. The van der Waals surface area contributed by atoms with Crippen LogP contribution in [0.2, 0.25) is 0 Å². The molecule has 0 amide bonds. The molecule has 1 aliphatic rings. The van der Waals surface area contributed by atoms with E-state index >= 15 is 0 Å². The molecular weight excluding hydrogens is 516 g/mol. The molecule has 1 aromatic heterocycles. The number of benzene rings is 2. The maximum Gasteiger partial charge on any atom is 0.338 e. The SMILES string of the molecule is CCCC1=C(C(=O)OCC)[C@H](c2cccc(OC)c2)n2c(s/c(=C\c3ccc(OC(C)C)c(OC)c3)c2=O)=N1. The summed E-state index contributed by atoms with van der Waals surface area (Å²) in [6.45, 7) is 7.91. The maximum absolute atomic E-state index is 13.9. The molecule has 0 bridgehead atoms. The van der Waals surface area contributed by atoms with Gasteiger partial charge in [0.2, 0.25) is 0 Å². The molecule has 0 aliphatic carbocycles. The molecule has 0 saturated heterocycles. The number of thiazole rings is 1. The molecule has 2 heterocycles. The Labute approximate surface area is 231 Å². The average molecular weight is 551 g/mol. The number of fused-ring (bicyclic) bond motifs is 1. The highest BCUT2D eigenvalue weighted by Crippen LogP contribution is 2.34. The van der Waals surface area contributed by atoms with Crippen molar-refractivity contribution in [1.82, 2.24) is 4.57 Å². The molecule has 0 N–H and O–H groups in total. The van der Waals surface area contributed by atoms with Gasteiger partial charge in [0, 0.05) is 0 Å². The lowest BCUT2D eigenvalue weighted by molar-refractivity contribution is -0.139. The van der Waals surface area contributed by atoms with Crippen LogP contribution in [-0.4, -0.2) is 37.5 Å². The molecule has 0 unspecified atom stereocenters. The Balaban J connectivity index is 1.94. The van der Waals surface area contributed by atoms with Gasteiger partial charge in [-0.05, 0) is 68.7 Å². The van der Waals surface area contributed by atoms with Crippen LogP contribution in [0.25, 0.3) is 6.08 Å². The van der Waals surface area contributed by atoms with Gasteiger partial charge in [0.15, 0.2) is 16.3 Å². The molecule has 3 aromatic rings. The van der Waals surface area contributed by atoms with Gasteiger partial charge in [-0.2, -0.15) is 0 Å². The van der Waals surface area contributed by atoms with E-state index in [1.807, 2.05) is 69.3 Å². The van der Waals surface area contributed by atoms with Gasteiger partial charge in [0.05, 0.1) is 48.8 Å². The Morgan fingerprint density at radius 3 is 2.56 bits per heavy atom. The van der Waals surface area contributed by atoms with Crippen molar-refractivity contribution in [3.63, 3.8) is 0 Å². The van der Waals surface area contributed by atoms with Gasteiger partial charge in [-0.3, -0.25) is 9.36 Å². The van der Waals surface area contributed by atoms with E-state index in [0.29, 0.717) is 44.3 Å². The highest BCUT2D eigenvalue weighted by molar-refractivity contribution is 7.07. The van der Waals surface area contributed by atoms with E-state index < -0.39 is 12.0 Å². The molecule has 1 atom stereocenters. The number of allylic oxidation sites excluding steroid dienone is 1. The quantitative estimate of drug-likeness (QED) is 0.348. The number of nitrogens with zero attached hydrogens (tertiary/aromatic N) is 2. The van der Waals surface area contributed by atoms with Crippen molar-refractivity contribution in [1.29, 1.82) is 0 Å². The Hall–Kier alpha value is -3.85. The fourth-order valence-corrected chi connectivity index (χ4v) is 5.54. The van der Waals surface area contributed by atoms with E-state index in [9.17, 15) is 9.59 Å². The lowest BCUT2D eigenvalue weighted by Gasteiger charge is -2.26. The number of carbonyl (C=O) groups excluding carboxylic acids is 1. The molecule has 0 radical (unpaired) electrons.